The second-order valence-corrected chi connectivity index (χ2v) is 5.44. The van der Waals surface area contributed by atoms with Gasteiger partial charge < -0.3 is 0 Å². The molecule has 108 valence electrons. The van der Waals surface area contributed by atoms with E-state index in [0.717, 1.165) is 10.5 Å². The zero-order chi connectivity index (χ0) is 15.1. The molecule has 0 fully saturated rings. The molecule has 0 atom stereocenters. The second kappa shape index (κ2) is 7.50. The van der Waals surface area contributed by atoms with Gasteiger partial charge in [0.1, 0.15) is 0 Å². The van der Waals surface area contributed by atoms with Gasteiger partial charge in [0.25, 0.3) is 5.91 Å². The lowest BCUT2D eigenvalue weighted by molar-refractivity contribution is -0.119. The van der Waals surface area contributed by atoms with E-state index in [1.165, 1.54) is 11.8 Å². The van der Waals surface area contributed by atoms with E-state index in [1.54, 1.807) is 24.3 Å². The minimum Gasteiger partial charge on any atom is -0.272 e. The average molecular weight is 300 g/mol. The highest BCUT2D eigenvalue weighted by atomic mass is 32.2. The minimum absolute atomic E-state index is 0.243. The number of hydrogen-bond acceptors (Lipinski definition) is 3. The van der Waals surface area contributed by atoms with Gasteiger partial charge in [0, 0.05) is 10.5 Å². The van der Waals surface area contributed by atoms with Crippen LogP contribution in [0.5, 0.6) is 0 Å². The number of hydrogen-bond donors (Lipinski definition) is 2. The number of hydrazine groups is 1. The van der Waals surface area contributed by atoms with E-state index in [9.17, 15) is 9.59 Å². The summed E-state index contributed by atoms with van der Waals surface area (Å²) in [5.41, 5.74) is 6.44. The monoisotopic (exact) mass is 300 g/mol. The van der Waals surface area contributed by atoms with Crippen molar-refractivity contribution in [1.82, 2.24) is 10.9 Å². The molecule has 2 amide bonds. The third kappa shape index (κ3) is 4.65. The van der Waals surface area contributed by atoms with Crippen LogP contribution in [0.25, 0.3) is 0 Å². The van der Waals surface area contributed by atoms with Crippen LogP contribution in [0.15, 0.2) is 59.5 Å². The third-order valence-electron chi connectivity index (χ3n) is 2.80. The summed E-state index contributed by atoms with van der Waals surface area (Å²) in [5.74, 6) is -0.322. The first-order chi connectivity index (χ1) is 10.2. The minimum atomic E-state index is -0.329. The number of nitrogens with one attached hydrogen (secondary N) is 2. The highest BCUT2D eigenvalue weighted by Gasteiger charge is 2.07. The second-order valence-electron chi connectivity index (χ2n) is 4.42. The summed E-state index contributed by atoms with van der Waals surface area (Å²) >= 11 is 1.44. The lowest BCUT2D eigenvalue weighted by Crippen LogP contribution is -2.42. The fourth-order valence-electron chi connectivity index (χ4n) is 1.69. The van der Waals surface area contributed by atoms with Gasteiger partial charge in [0.2, 0.25) is 5.91 Å². The fourth-order valence-corrected chi connectivity index (χ4v) is 2.52. The van der Waals surface area contributed by atoms with Crippen LogP contribution < -0.4 is 10.9 Å². The van der Waals surface area contributed by atoms with Gasteiger partial charge in [0.15, 0.2) is 0 Å². The largest absolute Gasteiger partial charge is 0.272 e. The van der Waals surface area contributed by atoms with Gasteiger partial charge in [-0.15, -0.1) is 11.8 Å². The molecule has 0 heterocycles. The van der Waals surface area contributed by atoms with Crippen molar-refractivity contribution in [2.24, 2.45) is 0 Å². The van der Waals surface area contributed by atoms with E-state index in [2.05, 4.69) is 10.9 Å². The number of benzene rings is 2. The molecule has 0 bridgehead atoms. The number of carbonyl (C=O) groups excluding carboxylic acids is 2. The molecule has 0 spiro atoms. The van der Waals surface area contributed by atoms with Crippen LogP contribution in [-0.2, 0) is 4.79 Å². The lowest BCUT2D eigenvalue weighted by Gasteiger charge is -2.08. The maximum atomic E-state index is 11.7. The van der Waals surface area contributed by atoms with Gasteiger partial charge in [-0.3, -0.25) is 20.4 Å². The van der Waals surface area contributed by atoms with Crippen LogP contribution in [0.4, 0.5) is 0 Å². The summed E-state index contributed by atoms with van der Waals surface area (Å²) in [4.78, 5) is 24.5. The molecular weight excluding hydrogens is 284 g/mol. The van der Waals surface area contributed by atoms with Crippen LogP contribution in [0, 0.1) is 6.92 Å². The normalized spacial score (nSPS) is 9.95. The van der Waals surface area contributed by atoms with Crippen LogP contribution in [0.3, 0.4) is 0 Å². The molecule has 4 nitrogen and oxygen atoms in total. The number of amides is 2. The topological polar surface area (TPSA) is 58.2 Å². The van der Waals surface area contributed by atoms with Gasteiger partial charge in [0.05, 0.1) is 5.75 Å². The van der Waals surface area contributed by atoms with Gasteiger partial charge in [-0.2, -0.15) is 0 Å². The van der Waals surface area contributed by atoms with Crippen molar-refractivity contribution in [3.63, 3.8) is 0 Å². The van der Waals surface area contributed by atoms with Crippen molar-refractivity contribution in [3.05, 3.63) is 65.7 Å². The first kappa shape index (κ1) is 15.1. The number of aryl methyl sites for hydroxylation is 1. The maximum Gasteiger partial charge on any atom is 0.269 e. The summed E-state index contributed by atoms with van der Waals surface area (Å²) < 4.78 is 0. The molecule has 0 unspecified atom stereocenters. The predicted molar refractivity (Wildman–Crippen MR) is 84.0 cm³/mol. The Labute approximate surface area is 127 Å². The Morgan fingerprint density at radius 3 is 2.33 bits per heavy atom. The van der Waals surface area contributed by atoms with Crippen LogP contribution in [0.1, 0.15) is 15.9 Å². The standard InChI is InChI=1S/C16H16N2O2S/c1-12-7-5-6-10-14(12)21-11-15(19)17-18-16(20)13-8-3-2-4-9-13/h2-10H,11H2,1H3,(H,17,19)(H,18,20). The third-order valence-corrected chi connectivity index (χ3v) is 3.98. The maximum absolute atomic E-state index is 11.7. The van der Waals surface area contributed by atoms with Crippen molar-refractivity contribution in [2.75, 3.05) is 5.75 Å². The van der Waals surface area contributed by atoms with E-state index in [1.807, 2.05) is 37.3 Å². The Hall–Kier alpha value is -2.27. The van der Waals surface area contributed by atoms with Crippen molar-refractivity contribution < 1.29 is 9.59 Å². The molecule has 0 radical (unpaired) electrons. The summed E-state index contributed by atoms with van der Waals surface area (Å²) in [7, 11) is 0. The van der Waals surface area contributed by atoms with E-state index in [0.29, 0.717) is 5.56 Å². The van der Waals surface area contributed by atoms with Crippen molar-refractivity contribution in [3.8, 4) is 0 Å². The van der Waals surface area contributed by atoms with Crippen molar-refractivity contribution in [1.29, 1.82) is 0 Å². The van der Waals surface area contributed by atoms with Crippen LogP contribution >= 0.6 is 11.8 Å². The summed E-state index contributed by atoms with van der Waals surface area (Å²) in [6.07, 6.45) is 0. The molecule has 2 aromatic rings. The quantitative estimate of drug-likeness (QED) is 0.674. The Morgan fingerprint density at radius 2 is 1.62 bits per heavy atom. The number of rotatable bonds is 4. The molecule has 2 aromatic carbocycles. The number of carbonyl (C=O) groups is 2. The van der Waals surface area contributed by atoms with E-state index in [4.69, 9.17) is 0 Å². The smallest absolute Gasteiger partial charge is 0.269 e. The molecule has 0 saturated heterocycles. The fraction of sp³-hybridized carbons (Fsp3) is 0.125. The first-order valence-electron chi connectivity index (χ1n) is 6.49. The average Bonchev–Trinajstić information content (AvgIpc) is 2.52. The Balaban J connectivity index is 1.78. The highest BCUT2D eigenvalue weighted by Crippen LogP contribution is 2.21. The summed E-state index contributed by atoms with van der Waals surface area (Å²) in [6.45, 7) is 2.00. The Morgan fingerprint density at radius 1 is 0.952 bits per heavy atom. The Kier molecular flexibility index (Phi) is 5.40. The van der Waals surface area contributed by atoms with Crippen LogP contribution in [0.2, 0.25) is 0 Å². The van der Waals surface area contributed by atoms with Gasteiger partial charge in [-0.05, 0) is 30.7 Å². The van der Waals surface area contributed by atoms with E-state index < -0.39 is 0 Å². The van der Waals surface area contributed by atoms with Gasteiger partial charge in [-0.25, -0.2) is 0 Å². The molecule has 0 aromatic heterocycles. The molecule has 0 saturated carbocycles. The number of thioether (sulfide) groups is 1. The molecule has 0 aliphatic rings. The SMILES string of the molecule is Cc1ccccc1SCC(=O)NNC(=O)c1ccccc1. The highest BCUT2D eigenvalue weighted by molar-refractivity contribution is 8.00. The zero-order valence-electron chi connectivity index (χ0n) is 11.6. The predicted octanol–water partition coefficient (Wildman–Crippen LogP) is 2.55. The van der Waals surface area contributed by atoms with Crippen molar-refractivity contribution >= 4 is 23.6 Å². The van der Waals surface area contributed by atoms with Crippen molar-refractivity contribution in [2.45, 2.75) is 11.8 Å². The molecule has 21 heavy (non-hydrogen) atoms. The molecule has 0 aliphatic carbocycles. The summed E-state index contributed by atoms with van der Waals surface area (Å²) in [6, 6.07) is 16.6. The molecule has 2 rings (SSSR count). The van der Waals surface area contributed by atoms with E-state index in [-0.39, 0.29) is 17.6 Å². The van der Waals surface area contributed by atoms with Gasteiger partial charge in [-0.1, -0.05) is 36.4 Å². The van der Waals surface area contributed by atoms with E-state index >= 15 is 0 Å². The zero-order valence-corrected chi connectivity index (χ0v) is 12.4. The molecule has 0 aliphatic heterocycles. The summed E-state index contributed by atoms with van der Waals surface area (Å²) in [5, 5.41) is 0. The van der Waals surface area contributed by atoms with Crippen LogP contribution in [-0.4, -0.2) is 17.6 Å². The molecular formula is C16H16N2O2S. The Bertz CT molecular complexity index is 629. The van der Waals surface area contributed by atoms with Gasteiger partial charge >= 0.3 is 0 Å². The first-order valence-corrected chi connectivity index (χ1v) is 7.48. The lowest BCUT2D eigenvalue weighted by atomic mass is 10.2. The molecule has 2 N–H and O–H groups in total. The molecule has 5 heteroatoms.